The summed E-state index contributed by atoms with van der Waals surface area (Å²) in [7, 11) is 0. The smallest absolute Gasteiger partial charge is 0.0705 e. The van der Waals surface area contributed by atoms with Crippen LogP contribution in [0.25, 0.3) is 0 Å². The lowest BCUT2D eigenvalue weighted by atomic mass is 9.98. The molecule has 5 heteroatoms. The maximum Gasteiger partial charge on any atom is 0.0705 e. The maximum atomic E-state index is 6.20. The second kappa shape index (κ2) is 12.0. The Hall–Kier alpha value is -0.200. The van der Waals surface area contributed by atoms with Gasteiger partial charge in [-0.25, -0.2) is 0 Å². The molecule has 0 radical (unpaired) electrons. The summed E-state index contributed by atoms with van der Waals surface area (Å²) in [6.45, 7) is 24.0. The quantitative estimate of drug-likeness (QED) is 0.583. The largest absolute Gasteiger partial charge is 0.376 e. The molecule has 0 saturated carbocycles. The van der Waals surface area contributed by atoms with E-state index < -0.39 is 0 Å². The number of likely N-dealkylation sites (tertiary alicyclic amines) is 1. The van der Waals surface area contributed by atoms with Crippen LogP contribution in [-0.4, -0.2) is 110 Å². The molecule has 170 valence electrons. The first-order chi connectivity index (χ1) is 14.0. The summed E-state index contributed by atoms with van der Waals surface area (Å²) < 4.78 is 6.20. The monoisotopic (exact) mass is 408 g/mol. The van der Waals surface area contributed by atoms with Gasteiger partial charge >= 0.3 is 0 Å². The number of nitrogens with zero attached hydrogens (tertiary/aromatic N) is 4. The predicted octanol–water partition coefficient (Wildman–Crippen LogP) is 2.86. The van der Waals surface area contributed by atoms with E-state index in [1.807, 2.05) is 0 Å². The summed E-state index contributed by atoms with van der Waals surface area (Å²) in [6.07, 6.45) is 5.63. The first-order valence-electron chi connectivity index (χ1n) is 12.6. The Bertz CT molecular complexity index is 444. The Morgan fingerprint density at radius 2 is 1.48 bits per heavy atom. The molecule has 2 atom stereocenters. The number of morpholine rings is 1. The van der Waals surface area contributed by atoms with Gasteiger partial charge in [0, 0.05) is 58.4 Å². The highest BCUT2D eigenvalue weighted by molar-refractivity contribution is 4.84. The summed E-state index contributed by atoms with van der Waals surface area (Å²) >= 11 is 0. The van der Waals surface area contributed by atoms with Gasteiger partial charge in [0.05, 0.1) is 12.7 Å². The topological polar surface area (TPSA) is 22.2 Å². The molecule has 0 bridgehead atoms. The normalized spacial score (nSPS) is 28.2. The number of piperazine rings is 1. The lowest BCUT2D eigenvalue weighted by Gasteiger charge is -2.43. The van der Waals surface area contributed by atoms with Gasteiger partial charge in [0.25, 0.3) is 0 Å². The van der Waals surface area contributed by atoms with Crippen LogP contribution in [0.4, 0.5) is 0 Å². The van der Waals surface area contributed by atoms with Gasteiger partial charge in [-0.2, -0.15) is 0 Å². The molecule has 3 heterocycles. The van der Waals surface area contributed by atoms with E-state index in [1.165, 1.54) is 84.6 Å². The third-order valence-electron chi connectivity index (χ3n) is 7.11. The molecular formula is C24H48N4O. The van der Waals surface area contributed by atoms with Crippen molar-refractivity contribution in [3.8, 4) is 0 Å². The fourth-order valence-electron chi connectivity index (χ4n) is 5.68. The average Bonchev–Trinajstić information content (AvgIpc) is 2.70. The van der Waals surface area contributed by atoms with Crippen molar-refractivity contribution < 1.29 is 4.74 Å². The van der Waals surface area contributed by atoms with Gasteiger partial charge < -0.3 is 19.4 Å². The molecule has 5 nitrogen and oxygen atoms in total. The van der Waals surface area contributed by atoms with Gasteiger partial charge in [-0.1, -0.05) is 27.7 Å². The number of rotatable bonds is 9. The highest BCUT2D eigenvalue weighted by Crippen LogP contribution is 2.23. The van der Waals surface area contributed by atoms with Crippen LogP contribution in [0.15, 0.2) is 0 Å². The van der Waals surface area contributed by atoms with E-state index in [0.717, 1.165) is 37.6 Å². The van der Waals surface area contributed by atoms with Crippen LogP contribution in [0.3, 0.4) is 0 Å². The Balaban J connectivity index is 1.35. The van der Waals surface area contributed by atoms with Crippen LogP contribution in [0.2, 0.25) is 0 Å². The Morgan fingerprint density at radius 1 is 0.828 bits per heavy atom. The maximum absolute atomic E-state index is 6.20. The van der Waals surface area contributed by atoms with Crippen LogP contribution in [0.5, 0.6) is 0 Å². The minimum absolute atomic E-state index is 0.439. The summed E-state index contributed by atoms with van der Waals surface area (Å²) in [6, 6.07) is 0.784. The molecule has 29 heavy (non-hydrogen) atoms. The predicted molar refractivity (Wildman–Crippen MR) is 123 cm³/mol. The zero-order chi connectivity index (χ0) is 20.6. The number of ether oxygens (including phenoxy) is 1. The second-order valence-corrected chi connectivity index (χ2v) is 10.4. The average molecular weight is 409 g/mol. The van der Waals surface area contributed by atoms with E-state index in [2.05, 4.69) is 47.3 Å². The Morgan fingerprint density at radius 3 is 2.14 bits per heavy atom. The zero-order valence-electron chi connectivity index (χ0n) is 19.8. The molecule has 0 spiro atoms. The molecule has 0 N–H and O–H groups in total. The molecule has 3 rings (SSSR count). The Labute approximate surface area is 180 Å². The molecule has 0 aromatic carbocycles. The lowest BCUT2D eigenvalue weighted by Crippen LogP contribution is -2.52. The first-order valence-corrected chi connectivity index (χ1v) is 12.6. The van der Waals surface area contributed by atoms with E-state index in [9.17, 15) is 0 Å². The molecule has 0 aromatic rings. The minimum atomic E-state index is 0.439. The van der Waals surface area contributed by atoms with Crippen molar-refractivity contribution in [3.05, 3.63) is 0 Å². The number of hydrogen-bond acceptors (Lipinski definition) is 5. The van der Waals surface area contributed by atoms with Gasteiger partial charge in [-0.15, -0.1) is 0 Å². The summed E-state index contributed by atoms with van der Waals surface area (Å²) in [5.41, 5.74) is 0. The van der Waals surface area contributed by atoms with Crippen LogP contribution in [0, 0.1) is 11.8 Å². The Kier molecular flexibility index (Phi) is 9.70. The van der Waals surface area contributed by atoms with Crippen molar-refractivity contribution in [2.45, 2.75) is 65.5 Å². The summed E-state index contributed by atoms with van der Waals surface area (Å²) in [5.74, 6) is 1.51. The van der Waals surface area contributed by atoms with Gasteiger partial charge in [-0.05, 0) is 57.2 Å². The molecule has 0 aliphatic carbocycles. The van der Waals surface area contributed by atoms with Crippen molar-refractivity contribution in [1.82, 2.24) is 19.6 Å². The molecule has 3 aliphatic heterocycles. The molecule has 0 amide bonds. The highest BCUT2D eigenvalue weighted by Gasteiger charge is 2.30. The van der Waals surface area contributed by atoms with Crippen LogP contribution in [0.1, 0.15) is 53.4 Å². The van der Waals surface area contributed by atoms with Gasteiger partial charge in [0.1, 0.15) is 0 Å². The van der Waals surface area contributed by atoms with E-state index >= 15 is 0 Å². The fourth-order valence-corrected chi connectivity index (χ4v) is 5.68. The van der Waals surface area contributed by atoms with Gasteiger partial charge in [0.2, 0.25) is 0 Å². The van der Waals surface area contributed by atoms with Crippen molar-refractivity contribution in [2.24, 2.45) is 11.8 Å². The minimum Gasteiger partial charge on any atom is -0.376 e. The van der Waals surface area contributed by atoms with Crippen LogP contribution in [-0.2, 0) is 4.74 Å². The fraction of sp³-hybridized carbons (Fsp3) is 1.00. The van der Waals surface area contributed by atoms with Crippen LogP contribution >= 0.6 is 0 Å². The molecule has 0 aromatic heterocycles. The van der Waals surface area contributed by atoms with E-state index in [0.29, 0.717) is 6.10 Å². The van der Waals surface area contributed by atoms with Crippen LogP contribution < -0.4 is 0 Å². The summed E-state index contributed by atoms with van der Waals surface area (Å²) in [5, 5.41) is 0. The number of hydrogen-bond donors (Lipinski definition) is 0. The molecule has 3 aliphatic rings. The molecule has 3 fully saturated rings. The van der Waals surface area contributed by atoms with Crippen molar-refractivity contribution >= 4 is 0 Å². The highest BCUT2D eigenvalue weighted by atomic mass is 16.5. The van der Waals surface area contributed by atoms with Gasteiger partial charge in [0.15, 0.2) is 0 Å². The summed E-state index contributed by atoms with van der Waals surface area (Å²) in [4.78, 5) is 10.7. The molecular weight excluding hydrogens is 360 g/mol. The zero-order valence-corrected chi connectivity index (χ0v) is 19.8. The number of piperidine rings is 1. The third-order valence-corrected chi connectivity index (χ3v) is 7.11. The van der Waals surface area contributed by atoms with Crippen molar-refractivity contribution in [1.29, 1.82) is 0 Å². The van der Waals surface area contributed by atoms with Gasteiger partial charge in [-0.3, -0.25) is 4.90 Å². The lowest BCUT2D eigenvalue weighted by molar-refractivity contribution is -0.0615. The molecule has 2 unspecified atom stereocenters. The standard InChI is InChI=1S/C24H48N4O/c1-5-8-25-11-13-27(14-12-25)19-22(4)17-24-20-28(15-16-29-24)23-6-9-26(10-7-23)18-21(2)3/h21-24H,5-20H2,1-4H3. The van der Waals surface area contributed by atoms with E-state index in [4.69, 9.17) is 4.74 Å². The molecule has 3 saturated heterocycles. The van der Waals surface area contributed by atoms with E-state index in [1.54, 1.807) is 0 Å². The van der Waals surface area contributed by atoms with E-state index in [-0.39, 0.29) is 0 Å². The van der Waals surface area contributed by atoms with Crippen molar-refractivity contribution in [2.75, 3.05) is 78.6 Å². The second-order valence-electron chi connectivity index (χ2n) is 10.4. The third kappa shape index (κ3) is 7.77. The SMILES string of the molecule is CCCN1CCN(CC(C)CC2CN(C3CCN(CC(C)C)CC3)CCO2)CC1. The first kappa shape index (κ1) is 23.5. The van der Waals surface area contributed by atoms with Crippen molar-refractivity contribution in [3.63, 3.8) is 0 Å².